The topological polar surface area (TPSA) is 71.1 Å². The monoisotopic (exact) mass is 295 g/mol. The molecule has 2 aromatic rings. The van der Waals surface area contributed by atoms with Crippen LogP contribution < -0.4 is 10.6 Å². The Hall–Kier alpha value is -2.69. The zero-order chi connectivity index (χ0) is 15.5. The number of amides is 2. The van der Waals surface area contributed by atoms with Gasteiger partial charge >= 0.3 is 0 Å². The molecule has 22 heavy (non-hydrogen) atoms. The highest BCUT2D eigenvalue weighted by Crippen LogP contribution is 2.39. The summed E-state index contributed by atoms with van der Waals surface area (Å²) in [6.07, 6.45) is 3.91. The number of hydrogen-bond donors (Lipinski definition) is 2. The summed E-state index contributed by atoms with van der Waals surface area (Å²) in [5.41, 5.74) is 1.44. The molecular formula is C17H17N3O2. The maximum absolute atomic E-state index is 12.3. The summed E-state index contributed by atoms with van der Waals surface area (Å²) >= 11 is 0. The van der Waals surface area contributed by atoms with Gasteiger partial charge in [-0.3, -0.25) is 14.6 Å². The van der Waals surface area contributed by atoms with Crippen molar-refractivity contribution in [2.24, 2.45) is 11.8 Å². The Labute approximate surface area is 128 Å². The number of nitrogens with one attached hydrogen (secondary N) is 2. The third-order valence-corrected chi connectivity index (χ3v) is 3.78. The molecule has 2 N–H and O–H groups in total. The molecule has 0 bridgehead atoms. The normalized spacial score (nSPS) is 19.5. The molecule has 1 aromatic carbocycles. The smallest absolute Gasteiger partial charge is 0.228 e. The van der Waals surface area contributed by atoms with Crippen molar-refractivity contribution in [2.75, 3.05) is 11.9 Å². The average Bonchev–Trinajstić information content (AvgIpc) is 3.34. The van der Waals surface area contributed by atoms with Gasteiger partial charge in [-0.05, 0) is 18.6 Å². The summed E-state index contributed by atoms with van der Waals surface area (Å²) in [5.74, 6) is -0.709. The van der Waals surface area contributed by atoms with Crippen molar-refractivity contribution >= 4 is 28.4 Å². The number of fused-ring (bicyclic) bond motifs is 1. The Morgan fingerprint density at radius 1 is 1.23 bits per heavy atom. The van der Waals surface area contributed by atoms with E-state index in [1.165, 1.54) is 0 Å². The Balaban J connectivity index is 1.68. The molecule has 2 atom stereocenters. The molecule has 3 rings (SSSR count). The van der Waals surface area contributed by atoms with Gasteiger partial charge in [0.2, 0.25) is 11.8 Å². The van der Waals surface area contributed by atoms with Gasteiger partial charge in [0.15, 0.2) is 0 Å². The quantitative estimate of drug-likeness (QED) is 0.830. The molecule has 1 aliphatic carbocycles. The molecule has 1 aliphatic rings. The van der Waals surface area contributed by atoms with Crippen molar-refractivity contribution < 1.29 is 9.59 Å². The molecule has 5 nitrogen and oxygen atoms in total. The minimum absolute atomic E-state index is 0.0869. The van der Waals surface area contributed by atoms with E-state index in [0.29, 0.717) is 18.7 Å². The van der Waals surface area contributed by atoms with Crippen LogP contribution in [0.4, 0.5) is 5.69 Å². The molecule has 2 unspecified atom stereocenters. The second-order valence-corrected chi connectivity index (χ2v) is 5.35. The SMILES string of the molecule is C=CCNC(=O)C1CC1C(=O)Nc1cccc2cccnc12. The van der Waals surface area contributed by atoms with Crippen LogP contribution >= 0.6 is 0 Å². The fourth-order valence-corrected chi connectivity index (χ4v) is 2.51. The van der Waals surface area contributed by atoms with Gasteiger partial charge in [0.1, 0.15) is 0 Å². The second-order valence-electron chi connectivity index (χ2n) is 5.35. The fraction of sp³-hybridized carbons (Fsp3) is 0.235. The van der Waals surface area contributed by atoms with Crippen LogP contribution in [-0.4, -0.2) is 23.3 Å². The summed E-state index contributed by atoms with van der Waals surface area (Å²) in [7, 11) is 0. The molecule has 2 amide bonds. The van der Waals surface area contributed by atoms with Crippen LogP contribution in [0.2, 0.25) is 0 Å². The lowest BCUT2D eigenvalue weighted by Gasteiger charge is -2.07. The number of nitrogens with zero attached hydrogens (tertiary/aromatic N) is 1. The van der Waals surface area contributed by atoms with Crippen molar-refractivity contribution in [2.45, 2.75) is 6.42 Å². The number of rotatable bonds is 5. The highest BCUT2D eigenvalue weighted by molar-refractivity contribution is 6.04. The number of carbonyl (C=O) groups excluding carboxylic acids is 2. The zero-order valence-corrected chi connectivity index (χ0v) is 12.1. The van der Waals surface area contributed by atoms with E-state index in [-0.39, 0.29) is 23.7 Å². The van der Waals surface area contributed by atoms with Crippen molar-refractivity contribution in [1.82, 2.24) is 10.3 Å². The summed E-state index contributed by atoms with van der Waals surface area (Å²) < 4.78 is 0. The molecule has 5 heteroatoms. The molecule has 112 valence electrons. The van der Waals surface area contributed by atoms with Gasteiger partial charge < -0.3 is 10.6 Å². The minimum Gasteiger partial charge on any atom is -0.352 e. The first-order valence-corrected chi connectivity index (χ1v) is 7.24. The van der Waals surface area contributed by atoms with Gasteiger partial charge in [-0.1, -0.05) is 24.3 Å². The summed E-state index contributed by atoms with van der Waals surface area (Å²) in [5, 5.41) is 6.58. The first-order chi connectivity index (χ1) is 10.7. The summed E-state index contributed by atoms with van der Waals surface area (Å²) in [6, 6.07) is 9.44. The van der Waals surface area contributed by atoms with Crippen molar-refractivity contribution in [3.05, 3.63) is 49.2 Å². The third kappa shape index (κ3) is 2.83. The maximum atomic E-state index is 12.3. The largest absolute Gasteiger partial charge is 0.352 e. The van der Waals surface area contributed by atoms with Crippen LogP contribution in [0, 0.1) is 11.8 Å². The number of pyridine rings is 1. The Morgan fingerprint density at radius 2 is 2.00 bits per heavy atom. The van der Waals surface area contributed by atoms with Crippen molar-refractivity contribution in [3.8, 4) is 0 Å². The molecule has 1 fully saturated rings. The molecule has 0 spiro atoms. The number of para-hydroxylation sites is 1. The van der Waals surface area contributed by atoms with Crippen LogP contribution in [0.15, 0.2) is 49.2 Å². The Morgan fingerprint density at radius 3 is 2.82 bits per heavy atom. The van der Waals surface area contributed by atoms with E-state index in [2.05, 4.69) is 22.2 Å². The zero-order valence-electron chi connectivity index (χ0n) is 12.1. The molecule has 1 saturated carbocycles. The van der Waals surface area contributed by atoms with Crippen LogP contribution in [0.3, 0.4) is 0 Å². The number of carbonyl (C=O) groups is 2. The van der Waals surface area contributed by atoms with E-state index in [0.717, 1.165) is 10.9 Å². The van der Waals surface area contributed by atoms with Crippen LogP contribution in [0.25, 0.3) is 10.9 Å². The number of anilines is 1. The first kappa shape index (κ1) is 14.3. The third-order valence-electron chi connectivity index (χ3n) is 3.78. The lowest BCUT2D eigenvalue weighted by molar-refractivity contribution is -0.125. The van der Waals surface area contributed by atoms with Gasteiger partial charge in [-0.25, -0.2) is 0 Å². The van der Waals surface area contributed by atoms with E-state index in [9.17, 15) is 9.59 Å². The summed E-state index contributed by atoms with van der Waals surface area (Å²) in [6.45, 7) is 3.98. The molecule has 1 heterocycles. The Bertz CT molecular complexity index is 736. The molecule has 1 aromatic heterocycles. The van der Waals surface area contributed by atoms with E-state index >= 15 is 0 Å². The van der Waals surface area contributed by atoms with Crippen molar-refractivity contribution in [3.63, 3.8) is 0 Å². The van der Waals surface area contributed by atoms with E-state index in [1.54, 1.807) is 12.3 Å². The standard InChI is InChI=1S/C17H17N3O2/c1-2-8-19-16(21)12-10-13(12)17(22)20-14-7-3-5-11-6-4-9-18-15(11)14/h2-7,9,12-13H,1,8,10H2,(H,19,21)(H,20,22). The average molecular weight is 295 g/mol. The molecule has 0 radical (unpaired) electrons. The van der Waals surface area contributed by atoms with Crippen LogP contribution in [0.1, 0.15) is 6.42 Å². The van der Waals surface area contributed by atoms with Gasteiger partial charge in [0, 0.05) is 18.1 Å². The number of hydrogen-bond acceptors (Lipinski definition) is 3. The van der Waals surface area contributed by atoms with E-state index in [1.807, 2.05) is 30.3 Å². The van der Waals surface area contributed by atoms with Crippen LogP contribution in [-0.2, 0) is 9.59 Å². The Kier molecular flexibility index (Phi) is 3.87. The van der Waals surface area contributed by atoms with Crippen LogP contribution in [0.5, 0.6) is 0 Å². The van der Waals surface area contributed by atoms with Gasteiger partial charge in [-0.2, -0.15) is 0 Å². The summed E-state index contributed by atoms with van der Waals surface area (Å²) in [4.78, 5) is 28.4. The second kappa shape index (κ2) is 5.97. The van der Waals surface area contributed by atoms with Gasteiger partial charge in [0.05, 0.1) is 23.0 Å². The lowest BCUT2D eigenvalue weighted by atomic mass is 10.2. The van der Waals surface area contributed by atoms with Gasteiger partial charge in [-0.15, -0.1) is 6.58 Å². The molecule has 0 saturated heterocycles. The van der Waals surface area contributed by atoms with Gasteiger partial charge in [0.25, 0.3) is 0 Å². The van der Waals surface area contributed by atoms with E-state index < -0.39 is 0 Å². The number of benzene rings is 1. The maximum Gasteiger partial charge on any atom is 0.228 e. The lowest BCUT2D eigenvalue weighted by Crippen LogP contribution is -2.27. The first-order valence-electron chi connectivity index (χ1n) is 7.24. The highest BCUT2D eigenvalue weighted by atomic mass is 16.2. The predicted octanol–water partition coefficient (Wildman–Crippen LogP) is 2.11. The molecular weight excluding hydrogens is 278 g/mol. The fourth-order valence-electron chi connectivity index (χ4n) is 2.51. The van der Waals surface area contributed by atoms with E-state index in [4.69, 9.17) is 0 Å². The molecule has 0 aliphatic heterocycles. The van der Waals surface area contributed by atoms with Crippen molar-refractivity contribution in [1.29, 1.82) is 0 Å². The highest BCUT2D eigenvalue weighted by Gasteiger charge is 2.47. The predicted molar refractivity (Wildman–Crippen MR) is 85.2 cm³/mol. The number of aromatic nitrogens is 1. The minimum atomic E-state index is -0.260.